The highest BCUT2D eigenvalue weighted by atomic mass is 16.5. The molecule has 0 aliphatic rings. The van der Waals surface area contributed by atoms with E-state index in [1.165, 1.54) is 25.7 Å². The second kappa shape index (κ2) is 30.1. The number of esters is 4. The van der Waals surface area contributed by atoms with Crippen molar-refractivity contribution in [3.8, 4) is 0 Å². The maximum absolute atomic E-state index is 12.4. The minimum absolute atomic E-state index is 0.101. The molecule has 274 valence electrons. The van der Waals surface area contributed by atoms with Gasteiger partial charge in [-0.05, 0) is 68.8 Å². The first kappa shape index (κ1) is 43.1. The van der Waals surface area contributed by atoms with Gasteiger partial charge in [0.05, 0.1) is 13.2 Å². The summed E-state index contributed by atoms with van der Waals surface area (Å²) >= 11 is 0. The summed E-state index contributed by atoms with van der Waals surface area (Å²) in [5, 5.41) is 3.14. The first-order valence-corrected chi connectivity index (χ1v) is 18.8. The van der Waals surface area contributed by atoms with E-state index in [9.17, 15) is 19.2 Å². The molecule has 48 heavy (non-hydrogen) atoms. The van der Waals surface area contributed by atoms with Gasteiger partial charge in [-0.25, -0.2) is 0 Å². The van der Waals surface area contributed by atoms with Crippen molar-refractivity contribution in [2.45, 2.75) is 168 Å². The zero-order valence-corrected chi connectivity index (χ0v) is 30.4. The third-order valence-electron chi connectivity index (χ3n) is 8.13. The van der Waals surface area contributed by atoms with Crippen LogP contribution < -0.4 is 5.32 Å². The van der Waals surface area contributed by atoms with Crippen LogP contribution in [-0.4, -0.2) is 44.1 Å². The molecule has 0 saturated carbocycles. The Morgan fingerprint density at radius 2 is 0.854 bits per heavy atom. The van der Waals surface area contributed by atoms with Crippen molar-refractivity contribution in [2.75, 3.05) is 20.3 Å². The predicted octanol–water partition coefficient (Wildman–Crippen LogP) is 8.81. The first-order valence-electron chi connectivity index (χ1n) is 18.8. The van der Waals surface area contributed by atoms with E-state index in [0.717, 1.165) is 100 Å². The van der Waals surface area contributed by atoms with Crippen LogP contribution in [-0.2, 0) is 57.9 Å². The Morgan fingerprint density at radius 3 is 1.29 bits per heavy atom. The fourth-order valence-electron chi connectivity index (χ4n) is 5.47. The maximum Gasteiger partial charge on any atom is 0.306 e. The van der Waals surface area contributed by atoms with Crippen molar-refractivity contribution < 1.29 is 38.1 Å². The number of ether oxygens (including phenoxy) is 4. The molecule has 1 aromatic rings. The molecule has 0 radical (unpaired) electrons. The first-order chi connectivity index (χ1) is 23.4. The van der Waals surface area contributed by atoms with E-state index in [0.29, 0.717) is 45.4 Å². The van der Waals surface area contributed by atoms with Crippen LogP contribution in [0.25, 0.3) is 0 Å². The Hall–Kier alpha value is -2.94. The van der Waals surface area contributed by atoms with Crippen LogP contribution in [0.15, 0.2) is 18.2 Å². The highest BCUT2D eigenvalue weighted by molar-refractivity contribution is 5.70. The molecule has 9 heteroatoms. The minimum atomic E-state index is -0.223. The van der Waals surface area contributed by atoms with Crippen LogP contribution in [0, 0.1) is 0 Å². The Labute approximate surface area is 290 Å². The molecular weight excluding hydrogens is 610 g/mol. The fourth-order valence-corrected chi connectivity index (χ4v) is 5.47. The lowest BCUT2D eigenvalue weighted by molar-refractivity contribution is -0.145. The van der Waals surface area contributed by atoms with Gasteiger partial charge in [-0.15, -0.1) is 0 Å². The molecule has 0 aliphatic heterocycles. The van der Waals surface area contributed by atoms with Crippen LogP contribution in [0.3, 0.4) is 0 Å². The molecule has 0 unspecified atom stereocenters. The zero-order chi connectivity index (χ0) is 35.1. The molecule has 0 aliphatic carbocycles. The molecule has 9 nitrogen and oxygen atoms in total. The lowest BCUT2D eigenvalue weighted by atomic mass is 10.1. The molecule has 0 saturated heterocycles. The van der Waals surface area contributed by atoms with Gasteiger partial charge in [0.25, 0.3) is 0 Å². The second-order valence-electron chi connectivity index (χ2n) is 12.7. The molecular formula is C39H65NO8. The van der Waals surface area contributed by atoms with Gasteiger partial charge in [0.2, 0.25) is 0 Å². The average Bonchev–Trinajstić information content (AvgIpc) is 3.07. The van der Waals surface area contributed by atoms with Crippen molar-refractivity contribution in [1.29, 1.82) is 0 Å². The quantitative estimate of drug-likeness (QED) is 0.0468. The van der Waals surface area contributed by atoms with Crippen molar-refractivity contribution >= 4 is 23.9 Å². The fraction of sp³-hybridized carbons (Fsp3) is 0.744. The Balaban J connectivity index is 2.20. The molecule has 0 fully saturated rings. The lowest BCUT2D eigenvalue weighted by Crippen LogP contribution is -2.09. The summed E-state index contributed by atoms with van der Waals surface area (Å²) < 4.78 is 21.3. The van der Waals surface area contributed by atoms with Gasteiger partial charge in [-0.3, -0.25) is 19.2 Å². The van der Waals surface area contributed by atoms with Gasteiger partial charge in [0.15, 0.2) is 0 Å². The van der Waals surface area contributed by atoms with Crippen molar-refractivity contribution in [3.05, 3.63) is 34.9 Å². The molecule has 0 amide bonds. The van der Waals surface area contributed by atoms with Gasteiger partial charge < -0.3 is 24.3 Å². The van der Waals surface area contributed by atoms with E-state index in [1.54, 1.807) is 0 Å². The number of hydrogen-bond donors (Lipinski definition) is 1. The largest absolute Gasteiger partial charge is 0.466 e. The third kappa shape index (κ3) is 25.1. The molecule has 0 aromatic heterocycles. The monoisotopic (exact) mass is 675 g/mol. The number of nitrogens with one attached hydrogen (secondary N) is 1. The van der Waals surface area contributed by atoms with E-state index in [2.05, 4.69) is 12.2 Å². The van der Waals surface area contributed by atoms with Crippen molar-refractivity contribution in [2.24, 2.45) is 0 Å². The van der Waals surface area contributed by atoms with Gasteiger partial charge in [0, 0.05) is 32.2 Å². The average molecular weight is 676 g/mol. The smallest absolute Gasteiger partial charge is 0.306 e. The molecule has 1 aromatic carbocycles. The van der Waals surface area contributed by atoms with Crippen LogP contribution in [0.2, 0.25) is 0 Å². The number of benzene rings is 1. The molecule has 1 rings (SSSR count). The molecule has 0 atom stereocenters. The van der Waals surface area contributed by atoms with E-state index < -0.39 is 0 Å². The summed E-state index contributed by atoms with van der Waals surface area (Å²) in [6.07, 6.45) is 18.8. The molecule has 0 bridgehead atoms. The summed E-state index contributed by atoms with van der Waals surface area (Å²) in [7, 11) is 1.87. The second-order valence-corrected chi connectivity index (χ2v) is 12.7. The SMILES string of the molecule is CCCCCCCCOC(=O)CCCCCCCC(=O)OCc1cc(CNC)cc(COC(=O)CCCCCCCCC(=O)OCC)c1. The summed E-state index contributed by atoms with van der Waals surface area (Å²) in [4.78, 5) is 47.9. The summed E-state index contributed by atoms with van der Waals surface area (Å²) in [5.41, 5.74) is 2.77. The number of carbonyl (C=O) groups excluding carboxylic acids is 4. The van der Waals surface area contributed by atoms with Gasteiger partial charge in [-0.2, -0.15) is 0 Å². The van der Waals surface area contributed by atoms with Crippen LogP contribution >= 0.6 is 0 Å². The van der Waals surface area contributed by atoms with E-state index in [-0.39, 0.29) is 37.1 Å². The number of unbranched alkanes of at least 4 members (excludes halogenated alkanes) is 14. The van der Waals surface area contributed by atoms with Crippen LogP contribution in [0.4, 0.5) is 0 Å². The normalized spacial score (nSPS) is 10.9. The summed E-state index contributed by atoms with van der Waals surface area (Å²) in [6.45, 7) is 5.99. The van der Waals surface area contributed by atoms with Gasteiger partial charge in [-0.1, -0.05) is 96.1 Å². The van der Waals surface area contributed by atoms with Gasteiger partial charge >= 0.3 is 23.9 Å². The van der Waals surface area contributed by atoms with Gasteiger partial charge in [0.1, 0.15) is 13.2 Å². The van der Waals surface area contributed by atoms with Crippen LogP contribution in [0.1, 0.15) is 165 Å². The number of carbonyl (C=O) groups is 4. The molecule has 1 N–H and O–H groups in total. The Bertz CT molecular complexity index is 1010. The minimum Gasteiger partial charge on any atom is -0.466 e. The maximum atomic E-state index is 12.4. The summed E-state index contributed by atoms with van der Waals surface area (Å²) in [6, 6.07) is 5.93. The van der Waals surface area contributed by atoms with Crippen LogP contribution in [0.5, 0.6) is 0 Å². The highest BCUT2D eigenvalue weighted by Gasteiger charge is 2.09. The predicted molar refractivity (Wildman–Crippen MR) is 189 cm³/mol. The zero-order valence-electron chi connectivity index (χ0n) is 30.4. The summed E-state index contributed by atoms with van der Waals surface area (Å²) in [5.74, 6) is -0.670. The topological polar surface area (TPSA) is 117 Å². The van der Waals surface area contributed by atoms with E-state index in [1.807, 2.05) is 32.2 Å². The Morgan fingerprint density at radius 1 is 0.479 bits per heavy atom. The molecule has 0 heterocycles. The number of hydrogen-bond acceptors (Lipinski definition) is 9. The standard InChI is InChI=1S/C39H65NO8/c1-4-6-7-8-16-21-26-46-37(42)23-18-14-11-15-20-25-39(44)48-32-35-28-33(30-40-3)27-34(29-35)31-47-38(43)24-19-13-10-9-12-17-22-36(41)45-5-2/h27-29,40H,4-26,30-32H2,1-3H3. The van der Waals surface area contributed by atoms with Crippen molar-refractivity contribution in [1.82, 2.24) is 5.32 Å². The highest BCUT2D eigenvalue weighted by Crippen LogP contribution is 2.16. The number of rotatable bonds is 31. The third-order valence-corrected chi connectivity index (χ3v) is 8.13. The Kier molecular flexibility index (Phi) is 27.1. The molecule has 0 spiro atoms. The van der Waals surface area contributed by atoms with E-state index >= 15 is 0 Å². The van der Waals surface area contributed by atoms with E-state index in [4.69, 9.17) is 18.9 Å². The lowest BCUT2D eigenvalue weighted by Gasteiger charge is -2.11. The van der Waals surface area contributed by atoms with Crippen molar-refractivity contribution in [3.63, 3.8) is 0 Å².